The number of unbranched alkanes of at least 4 members (excludes halogenated alkanes) is 1. The number of halogens is 1. The molecule has 0 amide bonds. The zero-order valence-corrected chi connectivity index (χ0v) is 13.1. The number of hydrogen-bond acceptors (Lipinski definition) is 2. The lowest BCUT2D eigenvalue weighted by Crippen LogP contribution is -2.02. The van der Waals surface area contributed by atoms with Crippen LogP contribution in [-0.4, -0.2) is 9.97 Å². The molecule has 2 N–H and O–H groups in total. The van der Waals surface area contributed by atoms with E-state index >= 15 is 0 Å². The highest BCUT2D eigenvalue weighted by atomic mass is 35.5. The number of imidazole rings is 1. The standard InChI is InChI=1S/C16H22ClN3/c1-4-5-6-15-19-14(16(17)20-15)10-18-13-8-7-11(2)9-12(13)3/h7-9,18H,4-6,10H2,1-3H3,(H,19,20). The van der Waals surface area contributed by atoms with E-state index in [1.807, 2.05) is 0 Å². The molecular formula is C16H22ClN3. The van der Waals surface area contributed by atoms with Crippen LogP contribution in [0.15, 0.2) is 18.2 Å². The van der Waals surface area contributed by atoms with Crippen molar-refractivity contribution in [2.45, 2.75) is 46.6 Å². The number of aryl methyl sites for hydroxylation is 3. The fourth-order valence-electron chi connectivity index (χ4n) is 2.21. The molecule has 0 aliphatic heterocycles. The van der Waals surface area contributed by atoms with Gasteiger partial charge in [0.1, 0.15) is 5.82 Å². The van der Waals surface area contributed by atoms with Crippen LogP contribution < -0.4 is 5.32 Å². The van der Waals surface area contributed by atoms with Gasteiger partial charge in [0.05, 0.1) is 12.2 Å². The van der Waals surface area contributed by atoms with E-state index < -0.39 is 0 Å². The molecule has 4 heteroatoms. The van der Waals surface area contributed by atoms with E-state index in [4.69, 9.17) is 11.6 Å². The van der Waals surface area contributed by atoms with Gasteiger partial charge in [-0.2, -0.15) is 0 Å². The Balaban J connectivity index is 2.01. The first-order valence-corrected chi connectivity index (χ1v) is 7.52. The quantitative estimate of drug-likeness (QED) is 0.814. The molecule has 0 saturated heterocycles. The van der Waals surface area contributed by atoms with Crippen molar-refractivity contribution in [1.82, 2.24) is 9.97 Å². The second kappa shape index (κ2) is 6.80. The van der Waals surface area contributed by atoms with Gasteiger partial charge >= 0.3 is 0 Å². The van der Waals surface area contributed by atoms with Crippen LogP contribution in [0.2, 0.25) is 5.15 Å². The Kier molecular flexibility index (Phi) is 5.07. The number of H-pyrrole nitrogens is 1. The number of nitrogens with zero attached hydrogens (tertiary/aromatic N) is 1. The van der Waals surface area contributed by atoms with Gasteiger partial charge in [0.2, 0.25) is 0 Å². The molecule has 3 nitrogen and oxygen atoms in total. The van der Waals surface area contributed by atoms with Crippen LogP contribution >= 0.6 is 11.6 Å². The Labute approximate surface area is 125 Å². The fourth-order valence-corrected chi connectivity index (χ4v) is 2.43. The van der Waals surface area contributed by atoms with Crippen molar-refractivity contribution in [2.75, 3.05) is 5.32 Å². The minimum Gasteiger partial charge on any atom is -0.379 e. The molecule has 1 heterocycles. The summed E-state index contributed by atoms with van der Waals surface area (Å²) in [5.41, 5.74) is 4.61. The van der Waals surface area contributed by atoms with Gasteiger partial charge in [0.15, 0.2) is 5.15 Å². The van der Waals surface area contributed by atoms with Crippen LogP contribution in [0.25, 0.3) is 0 Å². The maximum Gasteiger partial charge on any atom is 0.152 e. The molecule has 0 aliphatic rings. The van der Waals surface area contributed by atoms with E-state index in [0.717, 1.165) is 36.5 Å². The van der Waals surface area contributed by atoms with Gasteiger partial charge in [-0.15, -0.1) is 0 Å². The lowest BCUT2D eigenvalue weighted by atomic mass is 10.1. The molecule has 108 valence electrons. The van der Waals surface area contributed by atoms with Crippen LogP contribution in [0.4, 0.5) is 5.69 Å². The summed E-state index contributed by atoms with van der Waals surface area (Å²) in [6.45, 7) is 7.05. The molecule has 0 fully saturated rings. The van der Waals surface area contributed by atoms with E-state index in [9.17, 15) is 0 Å². The molecule has 0 radical (unpaired) electrons. The van der Waals surface area contributed by atoms with E-state index in [1.54, 1.807) is 0 Å². The highest BCUT2D eigenvalue weighted by Crippen LogP contribution is 2.19. The van der Waals surface area contributed by atoms with Crippen molar-refractivity contribution in [3.8, 4) is 0 Å². The molecule has 0 unspecified atom stereocenters. The summed E-state index contributed by atoms with van der Waals surface area (Å²) in [6.07, 6.45) is 3.25. The summed E-state index contributed by atoms with van der Waals surface area (Å²) in [5.74, 6) is 0.981. The van der Waals surface area contributed by atoms with Crippen LogP contribution in [0.5, 0.6) is 0 Å². The first-order valence-electron chi connectivity index (χ1n) is 7.14. The monoisotopic (exact) mass is 291 g/mol. The molecule has 0 saturated carbocycles. The lowest BCUT2D eigenvalue weighted by Gasteiger charge is -2.09. The third-order valence-electron chi connectivity index (χ3n) is 3.38. The van der Waals surface area contributed by atoms with Crippen molar-refractivity contribution in [3.63, 3.8) is 0 Å². The van der Waals surface area contributed by atoms with Gasteiger partial charge in [-0.3, -0.25) is 0 Å². The number of aromatic nitrogens is 2. The molecule has 0 bridgehead atoms. The van der Waals surface area contributed by atoms with Crippen molar-refractivity contribution in [3.05, 3.63) is 46.0 Å². The highest BCUT2D eigenvalue weighted by Gasteiger charge is 2.08. The second-order valence-electron chi connectivity index (χ2n) is 5.23. The van der Waals surface area contributed by atoms with Crippen LogP contribution in [0.3, 0.4) is 0 Å². The SMILES string of the molecule is CCCCc1nc(Cl)c(CNc2ccc(C)cc2C)[nH]1. The molecule has 0 spiro atoms. The zero-order chi connectivity index (χ0) is 14.5. The first kappa shape index (κ1) is 14.9. The number of rotatable bonds is 6. The number of aromatic amines is 1. The van der Waals surface area contributed by atoms with Gasteiger partial charge in [0.25, 0.3) is 0 Å². The summed E-state index contributed by atoms with van der Waals surface area (Å²) < 4.78 is 0. The number of hydrogen-bond donors (Lipinski definition) is 2. The predicted molar refractivity (Wildman–Crippen MR) is 85.5 cm³/mol. The molecule has 2 aromatic rings. The number of nitrogens with one attached hydrogen (secondary N) is 2. The van der Waals surface area contributed by atoms with Gasteiger partial charge in [-0.1, -0.05) is 42.6 Å². The topological polar surface area (TPSA) is 40.7 Å². The van der Waals surface area contributed by atoms with Crippen molar-refractivity contribution in [2.24, 2.45) is 0 Å². The van der Waals surface area contributed by atoms with Crippen LogP contribution in [0, 0.1) is 13.8 Å². The van der Waals surface area contributed by atoms with Gasteiger partial charge in [-0.25, -0.2) is 4.98 Å². The van der Waals surface area contributed by atoms with Gasteiger partial charge in [0, 0.05) is 12.1 Å². The zero-order valence-electron chi connectivity index (χ0n) is 12.4. The molecule has 1 aromatic carbocycles. The Bertz CT molecular complexity index is 575. The molecule has 2 rings (SSSR count). The molecular weight excluding hydrogens is 270 g/mol. The lowest BCUT2D eigenvalue weighted by molar-refractivity contribution is 0.760. The van der Waals surface area contributed by atoms with Crippen molar-refractivity contribution >= 4 is 17.3 Å². The summed E-state index contributed by atoms with van der Waals surface area (Å²) in [6, 6.07) is 6.38. The second-order valence-corrected chi connectivity index (χ2v) is 5.59. The Morgan fingerprint density at radius 1 is 1.30 bits per heavy atom. The van der Waals surface area contributed by atoms with Crippen LogP contribution in [-0.2, 0) is 13.0 Å². The summed E-state index contributed by atoms with van der Waals surface area (Å²) in [5, 5.41) is 3.99. The maximum absolute atomic E-state index is 6.17. The first-order chi connectivity index (χ1) is 9.60. The van der Waals surface area contributed by atoms with Gasteiger partial charge < -0.3 is 10.3 Å². The third-order valence-corrected chi connectivity index (χ3v) is 3.69. The predicted octanol–water partition coefficient (Wildman–Crippen LogP) is 4.63. The maximum atomic E-state index is 6.17. The smallest absolute Gasteiger partial charge is 0.152 e. The Morgan fingerprint density at radius 2 is 2.10 bits per heavy atom. The Hall–Kier alpha value is -1.48. The summed E-state index contributed by atoms with van der Waals surface area (Å²) in [7, 11) is 0. The van der Waals surface area contributed by atoms with E-state index in [1.165, 1.54) is 11.1 Å². The highest BCUT2D eigenvalue weighted by molar-refractivity contribution is 6.30. The van der Waals surface area contributed by atoms with E-state index in [2.05, 4.69) is 54.3 Å². The molecule has 0 aliphatic carbocycles. The summed E-state index contributed by atoms with van der Waals surface area (Å²) in [4.78, 5) is 7.68. The normalized spacial score (nSPS) is 10.8. The van der Waals surface area contributed by atoms with E-state index in [0.29, 0.717) is 11.7 Å². The fraction of sp³-hybridized carbons (Fsp3) is 0.438. The van der Waals surface area contributed by atoms with Crippen molar-refractivity contribution in [1.29, 1.82) is 0 Å². The van der Waals surface area contributed by atoms with Gasteiger partial charge in [-0.05, 0) is 31.9 Å². The minimum atomic E-state index is 0.577. The number of anilines is 1. The average Bonchev–Trinajstić information content (AvgIpc) is 2.76. The van der Waals surface area contributed by atoms with Crippen molar-refractivity contribution < 1.29 is 0 Å². The third kappa shape index (κ3) is 3.76. The van der Waals surface area contributed by atoms with E-state index in [-0.39, 0.29) is 0 Å². The average molecular weight is 292 g/mol. The van der Waals surface area contributed by atoms with Crippen LogP contribution in [0.1, 0.15) is 42.4 Å². The number of benzene rings is 1. The minimum absolute atomic E-state index is 0.577. The largest absolute Gasteiger partial charge is 0.379 e. The Morgan fingerprint density at radius 3 is 2.80 bits per heavy atom. The molecule has 20 heavy (non-hydrogen) atoms. The molecule has 1 aromatic heterocycles. The molecule has 0 atom stereocenters. The summed E-state index contributed by atoms with van der Waals surface area (Å²) >= 11 is 6.17.